The fraction of sp³-hybridized carbons (Fsp3) is 0.211. The van der Waals surface area contributed by atoms with Gasteiger partial charge >= 0.3 is 0 Å². The summed E-state index contributed by atoms with van der Waals surface area (Å²) in [6.45, 7) is 9.09. The van der Waals surface area contributed by atoms with Crippen molar-refractivity contribution >= 4 is 21.5 Å². The first-order valence-corrected chi connectivity index (χ1v) is 13.9. The normalized spacial score (nSPS) is 12.2. The summed E-state index contributed by atoms with van der Waals surface area (Å²) in [4.78, 5) is 8.84. The molecule has 0 atom stereocenters. The smallest absolute Gasteiger partial charge is 0.0406 e. The molecule has 0 bridgehead atoms. The standard InChI is InChI=1S/C27H28N.C11H8N.Ir/c1-18(2)13-20-15-21(14-19(3)4)17-23(16-20)27-26-10-9-22-7-5-6-8-24(22)25(26)11-12-28-27;1-2-6-10(7-3-1)11-8-4-5-9-12-11;/h5-12,15-16,18-19H,13-14H2,1-4H3;1-6,8-9H;/q2*-1;/i;1D,2D,3D,6D;. The molecule has 0 aliphatic carbocycles. The van der Waals surface area contributed by atoms with E-state index in [0.29, 0.717) is 23.1 Å². The van der Waals surface area contributed by atoms with Crippen LogP contribution in [-0.4, -0.2) is 9.97 Å². The summed E-state index contributed by atoms with van der Waals surface area (Å²) >= 11 is 0. The van der Waals surface area contributed by atoms with Crippen molar-refractivity contribution in [1.29, 1.82) is 0 Å². The van der Waals surface area contributed by atoms with Crippen molar-refractivity contribution in [3.8, 4) is 22.5 Å². The van der Waals surface area contributed by atoms with Gasteiger partial charge in [0.25, 0.3) is 0 Å². The van der Waals surface area contributed by atoms with Crippen LogP contribution in [0.2, 0.25) is 0 Å². The number of fused-ring (bicyclic) bond motifs is 3. The van der Waals surface area contributed by atoms with Gasteiger partial charge in [0, 0.05) is 35.2 Å². The van der Waals surface area contributed by atoms with Crippen LogP contribution in [0.15, 0.2) is 109 Å². The molecule has 0 saturated carbocycles. The second-order valence-corrected chi connectivity index (χ2v) is 10.9. The summed E-state index contributed by atoms with van der Waals surface area (Å²) in [5, 5.41) is 5.01. The number of rotatable bonds is 6. The van der Waals surface area contributed by atoms with Crippen LogP contribution >= 0.6 is 0 Å². The molecule has 0 spiro atoms. The Hall–Kier alpha value is -3.65. The topological polar surface area (TPSA) is 25.8 Å². The Balaban J connectivity index is 0.000000231. The van der Waals surface area contributed by atoms with Crippen molar-refractivity contribution in [2.45, 2.75) is 40.5 Å². The molecule has 2 heterocycles. The van der Waals surface area contributed by atoms with E-state index in [2.05, 4.69) is 99.4 Å². The molecule has 2 nitrogen and oxygen atoms in total. The molecule has 6 rings (SSSR count). The predicted molar refractivity (Wildman–Crippen MR) is 169 cm³/mol. The van der Waals surface area contributed by atoms with Gasteiger partial charge in [0.1, 0.15) is 0 Å². The summed E-state index contributed by atoms with van der Waals surface area (Å²) in [5.74, 6) is 1.24. The van der Waals surface area contributed by atoms with E-state index in [9.17, 15) is 0 Å². The fourth-order valence-electron chi connectivity index (χ4n) is 5.00. The minimum atomic E-state index is -0.273. The van der Waals surface area contributed by atoms with Crippen molar-refractivity contribution in [1.82, 2.24) is 9.97 Å². The maximum absolute atomic E-state index is 7.71. The molecule has 1 radical (unpaired) electrons. The molecule has 0 unspecified atom stereocenters. The minimum Gasteiger partial charge on any atom is -0.305 e. The van der Waals surface area contributed by atoms with Crippen LogP contribution in [0.5, 0.6) is 0 Å². The maximum atomic E-state index is 7.71. The van der Waals surface area contributed by atoms with E-state index < -0.39 is 0 Å². The predicted octanol–water partition coefficient (Wildman–Crippen LogP) is 9.80. The van der Waals surface area contributed by atoms with Crippen LogP contribution in [0.1, 0.15) is 44.3 Å². The zero-order valence-corrected chi connectivity index (χ0v) is 26.3. The van der Waals surface area contributed by atoms with Crippen LogP contribution in [0, 0.1) is 24.0 Å². The average Bonchev–Trinajstić information content (AvgIpc) is 3.01. The van der Waals surface area contributed by atoms with Gasteiger partial charge in [-0.05, 0) is 72.5 Å². The van der Waals surface area contributed by atoms with Crippen LogP contribution in [0.4, 0.5) is 0 Å². The molecule has 0 amide bonds. The first-order chi connectivity index (χ1) is 21.1. The molecule has 2 aromatic heterocycles. The van der Waals surface area contributed by atoms with Gasteiger partial charge in [-0.3, -0.25) is 0 Å². The zero-order valence-electron chi connectivity index (χ0n) is 27.9. The third-order valence-corrected chi connectivity index (χ3v) is 6.60. The summed E-state index contributed by atoms with van der Waals surface area (Å²) in [5.41, 5.74) is 5.64. The maximum Gasteiger partial charge on any atom is 0.0406 e. The van der Waals surface area contributed by atoms with Crippen molar-refractivity contribution in [2.24, 2.45) is 11.8 Å². The molecule has 0 aliphatic rings. The van der Waals surface area contributed by atoms with E-state index in [4.69, 9.17) is 10.5 Å². The van der Waals surface area contributed by atoms with E-state index in [-0.39, 0.29) is 44.3 Å². The van der Waals surface area contributed by atoms with Gasteiger partial charge in [-0.1, -0.05) is 76.2 Å². The summed E-state index contributed by atoms with van der Waals surface area (Å²) in [6, 6.07) is 30.4. The molecule has 0 fully saturated rings. The molecule has 41 heavy (non-hydrogen) atoms. The summed E-state index contributed by atoms with van der Waals surface area (Å²) in [7, 11) is 0. The minimum absolute atomic E-state index is 0. The quantitative estimate of drug-likeness (QED) is 0.127. The largest absolute Gasteiger partial charge is 0.305 e. The number of aromatic nitrogens is 2. The van der Waals surface area contributed by atoms with E-state index in [1.165, 1.54) is 32.7 Å². The van der Waals surface area contributed by atoms with E-state index >= 15 is 0 Å². The fourth-order valence-corrected chi connectivity index (χ4v) is 5.00. The summed E-state index contributed by atoms with van der Waals surface area (Å²) in [6.07, 6.45) is 5.65. The molecule has 209 valence electrons. The number of pyridine rings is 2. The Kier molecular flexibility index (Phi) is 8.75. The third-order valence-electron chi connectivity index (χ3n) is 6.60. The molecule has 3 heteroatoms. The van der Waals surface area contributed by atoms with Crippen LogP contribution < -0.4 is 0 Å². The van der Waals surface area contributed by atoms with Gasteiger partial charge in [-0.15, -0.1) is 70.7 Å². The van der Waals surface area contributed by atoms with Crippen LogP contribution in [0.25, 0.3) is 44.1 Å². The Bertz CT molecular complexity index is 1900. The number of benzene rings is 4. The molecule has 0 saturated heterocycles. The van der Waals surface area contributed by atoms with Gasteiger partial charge in [-0.2, -0.15) is 0 Å². The van der Waals surface area contributed by atoms with Crippen LogP contribution in [0.3, 0.4) is 0 Å². The van der Waals surface area contributed by atoms with Gasteiger partial charge < -0.3 is 9.97 Å². The molecule has 0 N–H and O–H groups in total. The Morgan fingerprint density at radius 1 is 0.732 bits per heavy atom. The molecule has 6 aromatic rings. The van der Waals surface area contributed by atoms with Crippen molar-refractivity contribution in [3.63, 3.8) is 0 Å². The van der Waals surface area contributed by atoms with Crippen LogP contribution in [-0.2, 0) is 32.9 Å². The van der Waals surface area contributed by atoms with E-state index in [1.807, 2.05) is 6.20 Å². The average molecular weight is 717 g/mol. The second kappa shape index (κ2) is 14.3. The van der Waals surface area contributed by atoms with Crippen molar-refractivity contribution < 1.29 is 25.6 Å². The number of nitrogens with zero attached hydrogens (tertiary/aromatic N) is 2. The van der Waals surface area contributed by atoms with Crippen molar-refractivity contribution in [2.75, 3.05) is 0 Å². The van der Waals surface area contributed by atoms with Gasteiger partial charge in [0.2, 0.25) is 0 Å². The molecule has 0 aliphatic heterocycles. The SMILES string of the molecule is CC(C)Cc1[c-]c(-c2nccc3c2ccc2ccccc23)cc(CC(C)C)c1.[2H]c1[c-]c(-c2ccccn2)c([2H])c([2H])c1[2H].[Ir]. The van der Waals surface area contributed by atoms with Crippen molar-refractivity contribution in [3.05, 3.63) is 133 Å². The third kappa shape index (κ3) is 7.76. The van der Waals surface area contributed by atoms with Gasteiger partial charge in [0.15, 0.2) is 0 Å². The second-order valence-electron chi connectivity index (χ2n) is 10.9. The first-order valence-electron chi connectivity index (χ1n) is 15.9. The van der Waals surface area contributed by atoms with E-state index in [0.717, 1.165) is 24.1 Å². The first kappa shape index (κ1) is 25.1. The molecular weight excluding hydrogens is 677 g/mol. The van der Waals surface area contributed by atoms with Gasteiger partial charge in [0.05, 0.1) is 0 Å². The molecule has 4 aromatic carbocycles. The Morgan fingerprint density at radius 3 is 2.32 bits per heavy atom. The molecular formula is C38H36IrN2-2. The van der Waals surface area contributed by atoms with Gasteiger partial charge in [-0.25, -0.2) is 0 Å². The Labute approximate surface area is 263 Å². The number of hydrogen-bond acceptors (Lipinski definition) is 2. The summed E-state index contributed by atoms with van der Waals surface area (Å²) < 4.78 is 30.1. The van der Waals surface area contributed by atoms with E-state index in [1.54, 1.807) is 24.4 Å². The number of hydrogen-bond donors (Lipinski definition) is 0. The Morgan fingerprint density at radius 2 is 1.54 bits per heavy atom. The zero-order chi connectivity index (χ0) is 31.4. The monoisotopic (exact) mass is 717 g/mol.